The number of amides is 4. The lowest BCUT2D eigenvalue weighted by atomic mass is 9.92. The molecule has 0 unspecified atom stereocenters. The maximum atomic E-state index is 13.8. The van der Waals surface area contributed by atoms with Gasteiger partial charge in [0.2, 0.25) is 17.7 Å². The standard InChI is InChI=1S/C32H35N7O4/c33-18-24(16-23-8-4-12-36-29(23)40)37-30(41)26(15-20-10-11-20)38-31(42)27(39-32(43)28-19-34-13-14-35-28)17-22-7-3-6-21-5-1-2-9-25(21)22/h1-3,5-7,9,13-14,19-20,23-24,26-27H,4,8,10-12,15-17H2,(H,36,40)(H,37,41)(H,38,42)(H,39,43)/t23-,24-,26-,27-/m0/s1. The van der Waals surface area contributed by atoms with E-state index in [0.29, 0.717) is 19.4 Å². The third-order valence-corrected chi connectivity index (χ3v) is 8.01. The molecule has 4 amide bonds. The highest BCUT2D eigenvalue weighted by atomic mass is 16.2. The third kappa shape index (κ3) is 7.92. The van der Waals surface area contributed by atoms with Crippen molar-refractivity contribution in [1.29, 1.82) is 5.26 Å². The number of hydrogen-bond donors (Lipinski definition) is 4. The van der Waals surface area contributed by atoms with Crippen molar-refractivity contribution in [2.75, 3.05) is 6.54 Å². The molecular formula is C32H35N7O4. The summed E-state index contributed by atoms with van der Waals surface area (Å²) in [7, 11) is 0. The second-order valence-corrected chi connectivity index (χ2v) is 11.3. The smallest absolute Gasteiger partial charge is 0.272 e. The summed E-state index contributed by atoms with van der Waals surface area (Å²) in [6.07, 6.45) is 8.34. The summed E-state index contributed by atoms with van der Waals surface area (Å²) in [5.74, 6) is -1.74. The molecule has 2 aromatic carbocycles. The summed E-state index contributed by atoms with van der Waals surface area (Å²) >= 11 is 0. The molecule has 1 saturated heterocycles. The lowest BCUT2D eigenvalue weighted by Crippen LogP contribution is -2.55. The van der Waals surface area contributed by atoms with Crippen LogP contribution in [0.4, 0.5) is 0 Å². The Morgan fingerprint density at radius 3 is 2.49 bits per heavy atom. The zero-order chi connectivity index (χ0) is 30.2. The van der Waals surface area contributed by atoms with E-state index in [0.717, 1.165) is 35.6 Å². The maximum Gasteiger partial charge on any atom is 0.272 e. The molecule has 2 fully saturated rings. The molecule has 1 aliphatic heterocycles. The largest absolute Gasteiger partial charge is 0.356 e. The van der Waals surface area contributed by atoms with E-state index >= 15 is 0 Å². The fourth-order valence-electron chi connectivity index (χ4n) is 5.50. The summed E-state index contributed by atoms with van der Waals surface area (Å²) in [6.45, 7) is 0.613. The van der Waals surface area contributed by atoms with Crippen LogP contribution in [0.15, 0.2) is 61.1 Å². The van der Waals surface area contributed by atoms with Crippen molar-refractivity contribution >= 4 is 34.4 Å². The Hall–Kier alpha value is -4.85. The first-order chi connectivity index (χ1) is 20.9. The molecule has 0 radical (unpaired) electrons. The van der Waals surface area contributed by atoms with Gasteiger partial charge in [0.05, 0.1) is 12.3 Å². The highest BCUT2D eigenvalue weighted by molar-refractivity contribution is 5.97. The predicted octanol–water partition coefficient (Wildman–Crippen LogP) is 2.18. The van der Waals surface area contributed by atoms with Gasteiger partial charge in [0.25, 0.3) is 5.91 Å². The van der Waals surface area contributed by atoms with Crippen molar-refractivity contribution < 1.29 is 19.2 Å². The van der Waals surface area contributed by atoms with Crippen LogP contribution in [0.25, 0.3) is 10.8 Å². The SMILES string of the molecule is N#C[C@H](C[C@@H]1CCCNC1=O)NC(=O)[C@H](CC1CC1)NC(=O)[C@H](Cc1cccc2ccccc12)NC(=O)c1cnccn1. The number of benzene rings is 2. The predicted molar refractivity (Wildman–Crippen MR) is 158 cm³/mol. The molecule has 2 heterocycles. The zero-order valence-corrected chi connectivity index (χ0v) is 23.8. The van der Waals surface area contributed by atoms with Gasteiger partial charge in [-0.2, -0.15) is 5.26 Å². The minimum atomic E-state index is -1.02. The van der Waals surface area contributed by atoms with Gasteiger partial charge < -0.3 is 21.3 Å². The van der Waals surface area contributed by atoms with Gasteiger partial charge in [0.1, 0.15) is 23.8 Å². The molecule has 3 aromatic rings. The maximum absolute atomic E-state index is 13.8. The van der Waals surface area contributed by atoms with E-state index in [9.17, 15) is 24.4 Å². The fraction of sp³-hybridized carbons (Fsp3) is 0.406. The molecule has 222 valence electrons. The van der Waals surface area contributed by atoms with Crippen molar-refractivity contribution in [2.24, 2.45) is 11.8 Å². The van der Waals surface area contributed by atoms with Crippen LogP contribution in [0.2, 0.25) is 0 Å². The van der Waals surface area contributed by atoms with E-state index < -0.39 is 35.8 Å². The Morgan fingerprint density at radius 2 is 1.74 bits per heavy atom. The first kappa shape index (κ1) is 29.6. The van der Waals surface area contributed by atoms with Gasteiger partial charge in [-0.3, -0.25) is 24.2 Å². The lowest BCUT2D eigenvalue weighted by molar-refractivity contribution is -0.130. The number of nitrogens with one attached hydrogen (secondary N) is 4. The van der Waals surface area contributed by atoms with Crippen LogP contribution in [0.3, 0.4) is 0 Å². The first-order valence-electron chi connectivity index (χ1n) is 14.7. The Kier molecular flexibility index (Phi) is 9.56. The fourth-order valence-corrected chi connectivity index (χ4v) is 5.50. The Morgan fingerprint density at radius 1 is 0.953 bits per heavy atom. The Labute approximate surface area is 249 Å². The van der Waals surface area contributed by atoms with E-state index in [1.165, 1.54) is 18.6 Å². The normalized spacial score (nSPS) is 18.4. The number of fused-ring (bicyclic) bond motifs is 1. The Bertz CT molecular complexity index is 1510. The minimum Gasteiger partial charge on any atom is -0.356 e. The van der Waals surface area contributed by atoms with E-state index in [1.807, 2.05) is 42.5 Å². The number of hydrogen-bond acceptors (Lipinski definition) is 7. The minimum absolute atomic E-state index is 0.0640. The second kappa shape index (κ2) is 13.9. The summed E-state index contributed by atoms with van der Waals surface area (Å²) in [4.78, 5) is 60.6. The molecule has 4 N–H and O–H groups in total. The van der Waals surface area contributed by atoms with Crippen LogP contribution < -0.4 is 21.3 Å². The van der Waals surface area contributed by atoms with Crippen LogP contribution in [-0.2, 0) is 20.8 Å². The molecule has 5 rings (SSSR count). The lowest BCUT2D eigenvalue weighted by Gasteiger charge is -2.26. The van der Waals surface area contributed by atoms with E-state index in [1.54, 1.807) is 0 Å². The molecule has 0 bridgehead atoms. The topological polar surface area (TPSA) is 166 Å². The number of nitrogens with zero attached hydrogens (tertiary/aromatic N) is 3. The molecule has 0 spiro atoms. The van der Waals surface area contributed by atoms with Crippen molar-refractivity contribution in [3.8, 4) is 6.07 Å². The van der Waals surface area contributed by atoms with Crippen molar-refractivity contribution in [3.05, 3.63) is 72.3 Å². The Balaban J connectivity index is 1.33. The molecule has 2 aliphatic rings. The highest BCUT2D eigenvalue weighted by Crippen LogP contribution is 2.33. The molecule has 4 atom stereocenters. The van der Waals surface area contributed by atoms with Crippen LogP contribution >= 0.6 is 0 Å². The van der Waals surface area contributed by atoms with Crippen molar-refractivity contribution in [2.45, 2.75) is 63.1 Å². The summed E-state index contributed by atoms with van der Waals surface area (Å²) in [6, 6.07) is 12.9. The zero-order valence-electron chi connectivity index (χ0n) is 23.8. The monoisotopic (exact) mass is 581 g/mol. The van der Waals surface area contributed by atoms with E-state index in [2.05, 4.69) is 37.3 Å². The summed E-state index contributed by atoms with van der Waals surface area (Å²) < 4.78 is 0. The molecule has 11 heteroatoms. The molecule has 1 aliphatic carbocycles. The number of carbonyl (C=O) groups excluding carboxylic acids is 4. The van der Waals surface area contributed by atoms with Gasteiger partial charge in [-0.25, -0.2) is 4.98 Å². The van der Waals surface area contributed by atoms with Crippen molar-refractivity contribution in [1.82, 2.24) is 31.2 Å². The van der Waals surface area contributed by atoms with Gasteiger partial charge in [-0.05, 0) is 47.9 Å². The number of piperidine rings is 1. The van der Waals surface area contributed by atoms with Crippen LogP contribution in [0.5, 0.6) is 0 Å². The quantitative estimate of drug-likeness (QED) is 0.254. The van der Waals surface area contributed by atoms with E-state index in [4.69, 9.17) is 0 Å². The first-order valence-corrected chi connectivity index (χ1v) is 14.7. The summed E-state index contributed by atoms with van der Waals surface area (Å²) in [5.41, 5.74) is 0.922. The average molecular weight is 582 g/mol. The highest BCUT2D eigenvalue weighted by Gasteiger charge is 2.34. The number of nitriles is 1. The summed E-state index contributed by atoms with van der Waals surface area (Å²) in [5, 5.41) is 22.9. The van der Waals surface area contributed by atoms with Gasteiger partial charge in [0.15, 0.2) is 0 Å². The van der Waals surface area contributed by atoms with Crippen molar-refractivity contribution in [3.63, 3.8) is 0 Å². The van der Waals surface area contributed by atoms with Crippen LogP contribution in [-0.4, -0.2) is 58.3 Å². The molecule has 1 saturated carbocycles. The molecule has 43 heavy (non-hydrogen) atoms. The van der Waals surface area contributed by atoms with Gasteiger partial charge in [-0.15, -0.1) is 0 Å². The van der Waals surface area contributed by atoms with Gasteiger partial charge >= 0.3 is 0 Å². The van der Waals surface area contributed by atoms with Crippen LogP contribution in [0.1, 0.15) is 54.6 Å². The second-order valence-electron chi connectivity index (χ2n) is 11.3. The number of carbonyl (C=O) groups is 4. The van der Waals surface area contributed by atoms with Crippen LogP contribution in [0, 0.1) is 23.2 Å². The molecule has 1 aromatic heterocycles. The molecular weight excluding hydrogens is 546 g/mol. The number of rotatable bonds is 12. The van der Waals surface area contributed by atoms with Gasteiger partial charge in [-0.1, -0.05) is 55.3 Å². The third-order valence-electron chi connectivity index (χ3n) is 8.01. The molecule has 11 nitrogen and oxygen atoms in total. The van der Waals surface area contributed by atoms with Gasteiger partial charge in [0, 0.05) is 31.3 Å². The number of aromatic nitrogens is 2. The average Bonchev–Trinajstić information content (AvgIpc) is 3.85. The van der Waals surface area contributed by atoms with E-state index in [-0.39, 0.29) is 36.3 Å².